The number of carbonyl (C=O) groups excluding carboxylic acids is 1. The first kappa shape index (κ1) is 22.1. The van der Waals surface area contributed by atoms with Crippen molar-refractivity contribution in [3.05, 3.63) is 16.1 Å². The normalized spacial score (nSPS) is 11.1. The van der Waals surface area contributed by atoms with Gasteiger partial charge in [-0.25, -0.2) is 4.98 Å². The van der Waals surface area contributed by atoms with E-state index < -0.39 is 0 Å². The highest BCUT2D eigenvalue weighted by atomic mass is 127. The Hall–Kier alpha value is -0.900. The first-order valence-corrected chi connectivity index (χ1v) is 8.55. The lowest BCUT2D eigenvalue weighted by Gasteiger charge is -2.12. The third-order valence-electron chi connectivity index (χ3n) is 2.85. The second kappa shape index (κ2) is 12.5. The fourth-order valence-electron chi connectivity index (χ4n) is 1.69. The number of hydrogen-bond donors (Lipinski definition) is 3. The van der Waals surface area contributed by atoms with Crippen LogP contribution < -0.4 is 16.0 Å². The van der Waals surface area contributed by atoms with E-state index in [-0.39, 0.29) is 35.8 Å². The van der Waals surface area contributed by atoms with Crippen LogP contribution in [0.2, 0.25) is 0 Å². The first-order valence-electron chi connectivity index (χ1n) is 7.74. The zero-order valence-corrected chi connectivity index (χ0v) is 17.5. The summed E-state index contributed by atoms with van der Waals surface area (Å²) in [5.41, 5.74) is 0. The third-order valence-corrected chi connectivity index (χ3v) is 3.82. The van der Waals surface area contributed by atoms with Crippen LogP contribution in [0.1, 0.15) is 30.7 Å². The van der Waals surface area contributed by atoms with Gasteiger partial charge in [0, 0.05) is 49.6 Å². The van der Waals surface area contributed by atoms with Crippen LogP contribution in [0.3, 0.4) is 0 Å². The fraction of sp³-hybridized carbons (Fsp3) is 0.667. The molecule has 0 spiro atoms. The molecule has 0 radical (unpaired) electrons. The Morgan fingerprint density at radius 1 is 1.30 bits per heavy atom. The van der Waals surface area contributed by atoms with E-state index in [2.05, 4.69) is 32.9 Å². The van der Waals surface area contributed by atoms with Gasteiger partial charge in [-0.2, -0.15) is 0 Å². The molecule has 0 unspecified atom stereocenters. The Morgan fingerprint density at radius 3 is 2.57 bits per heavy atom. The molecule has 23 heavy (non-hydrogen) atoms. The van der Waals surface area contributed by atoms with E-state index in [1.807, 2.05) is 27.0 Å². The van der Waals surface area contributed by atoms with Crippen LogP contribution in [-0.2, 0) is 11.2 Å². The molecule has 0 aliphatic rings. The zero-order valence-electron chi connectivity index (χ0n) is 14.3. The van der Waals surface area contributed by atoms with Crippen LogP contribution in [0.4, 0.5) is 0 Å². The average molecular weight is 453 g/mol. The van der Waals surface area contributed by atoms with E-state index in [0.717, 1.165) is 23.9 Å². The molecule has 8 heteroatoms. The first-order chi connectivity index (χ1) is 10.5. The average Bonchev–Trinajstić information content (AvgIpc) is 2.88. The molecular weight excluding hydrogens is 425 g/mol. The summed E-state index contributed by atoms with van der Waals surface area (Å²) < 4.78 is 0. The number of aromatic nitrogens is 1. The van der Waals surface area contributed by atoms with Gasteiger partial charge in [0.2, 0.25) is 5.91 Å². The monoisotopic (exact) mass is 453 g/mol. The summed E-state index contributed by atoms with van der Waals surface area (Å²) in [6, 6.07) is 0. The van der Waals surface area contributed by atoms with Crippen molar-refractivity contribution in [2.75, 3.05) is 26.2 Å². The lowest BCUT2D eigenvalue weighted by molar-refractivity contribution is -0.123. The van der Waals surface area contributed by atoms with Crippen molar-refractivity contribution in [1.29, 1.82) is 0 Å². The summed E-state index contributed by atoms with van der Waals surface area (Å²) in [4.78, 5) is 21.5. The molecule has 6 nitrogen and oxygen atoms in total. The molecule has 0 fully saturated rings. The highest BCUT2D eigenvalue weighted by Gasteiger charge is 2.05. The molecule has 0 aliphatic heterocycles. The number of hydrogen-bond acceptors (Lipinski definition) is 4. The number of guanidine groups is 1. The minimum atomic E-state index is 0. The number of aryl methyl sites for hydroxylation is 1. The SMILES string of the molecule is CCNC(=NCCc1ncc(C)s1)NCCNC(=O)C(C)C.I. The van der Waals surface area contributed by atoms with E-state index in [9.17, 15) is 4.79 Å². The number of amides is 1. The molecule has 0 saturated heterocycles. The van der Waals surface area contributed by atoms with Crippen molar-refractivity contribution in [1.82, 2.24) is 20.9 Å². The Kier molecular flexibility index (Phi) is 12.0. The van der Waals surface area contributed by atoms with Gasteiger partial charge in [-0.1, -0.05) is 13.8 Å². The predicted molar refractivity (Wildman–Crippen MR) is 108 cm³/mol. The Balaban J connectivity index is 0.00000484. The van der Waals surface area contributed by atoms with Gasteiger partial charge in [-0.3, -0.25) is 9.79 Å². The number of aliphatic imine (C=N–C) groups is 1. The predicted octanol–water partition coefficient (Wildman–Crippen LogP) is 1.94. The molecule has 0 saturated carbocycles. The van der Waals surface area contributed by atoms with Crippen LogP contribution in [0.15, 0.2) is 11.2 Å². The fourth-order valence-corrected chi connectivity index (χ4v) is 2.47. The Labute approximate surface area is 160 Å². The molecule has 1 rings (SSSR count). The van der Waals surface area contributed by atoms with Gasteiger partial charge in [-0.15, -0.1) is 35.3 Å². The van der Waals surface area contributed by atoms with E-state index in [0.29, 0.717) is 19.6 Å². The largest absolute Gasteiger partial charge is 0.357 e. The highest BCUT2D eigenvalue weighted by Crippen LogP contribution is 2.11. The lowest BCUT2D eigenvalue weighted by atomic mass is 10.2. The smallest absolute Gasteiger partial charge is 0.222 e. The Morgan fingerprint density at radius 2 is 2.00 bits per heavy atom. The maximum Gasteiger partial charge on any atom is 0.222 e. The number of halogens is 1. The number of nitrogens with zero attached hydrogens (tertiary/aromatic N) is 2. The van der Waals surface area contributed by atoms with Crippen LogP contribution in [0.5, 0.6) is 0 Å². The molecular formula is C15H28IN5OS. The highest BCUT2D eigenvalue weighted by molar-refractivity contribution is 14.0. The molecule has 0 aliphatic carbocycles. The van der Waals surface area contributed by atoms with Gasteiger partial charge in [0.25, 0.3) is 0 Å². The van der Waals surface area contributed by atoms with Crippen molar-refractivity contribution in [2.45, 2.75) is 34.1 Å². The van der Waals surface area contributed by atoms with E-state index >= 15 is 0 Å². The maximum atomic E-state index is 11.5. The molecule has 0 bridgehead atoms. The summed E-state index contributed by atoms with van der Waals surface area (Å²) in [6.07, 6.45) is 2.74. The minimum Gasteiger partial charge on any atom is -0.357 e. The Bertz CT molecular complexity index is 490. The molecule has 132 valence electrons. The standard InChI is InChI=1S/C15H27N5OS.HI/c1-5-16-15(19-9-8-17-14(21)11(2)3)18-7-6-13-20-10-12(4)22-13;/h10-11H,5-9H2,1-4H3,(H,17,21)(H2,16,18,19);1H. The number of nitrogens with one attached hydrogen (secondary N) is 3. The number of rotatable bonds is 8. The third kappa shape index (κ3) is 9.75. The van der Waals surface area contributed by atoms with Crippen molar-refractivity contribution in [3.8, 4) is 0 Å². The second-order valence-corrected chi connectivity index (χ2v) is 6.57. The summed E-state index contributed by atoms with van der Waals surface area (Å²) in [7, 11) is 0. The maximum absolute atomic E-state index is 11.5. The number of thiazole rings is 1. The molecule has 1 amide bonds. The minimum absolute atomic E-state index is 0. The van der Waals surface area contributed by atoms with Crippen LogP contribution >= 0.6 is 35.3 Å². The number of carbonyl (C=O) groups is 1. The van der Waals surface area contributed by atoms with Crippen molar-refractivity contribution in [2.24, 2.45) is 10.9 Å². The van der Waals surface area contributed by atoms with Gasteiger partial charge in [-0.05, 0) is 13.8 Å². The van der Waals surface area contributed by atoms with Gasteiger partial charge in [0.05, 0.1) is 5.01 Å². The summed E-state index contributed by atoms with van der Waals surface area (Å²) in [6.45, 7) is 10.6. The topological polar surface area (TPSA) is 78.4 Å². The van der Waals surface area contributed by atoms with Crippen LogP contribution in [0, 0.1) is 12.8 Å². The van der Waals surface area contributed by atoms with Crippen LogP contribution in [0.25, 0.3) is 0 Å². The lowest BCUT2D eigenvalue weighted by Crippen LogP contribution is -2.42. The van der Waals surface area contributed by atoms with E-state index in [1.165, 1.54) is 4.88 Å². The molecule has 1 aromatic rings. The van der Waals surface area contributed by atoms with E-state index in [4.69, 9.17) is 0 Å². The quantitative estimate of drug-likeness (QED) is 0.243. The summed E-state index contributed by atoms with van der Waals surface area (Å²) >= 11 is 1.71. The van der Waals surface area contributed by atoms with Gasteiger partial charge < -0.3 is 16.0 Å². The van der Waals surface area contributed by atoms with Gasteiger partial charge >= 0.3 is 0 Å². The molecule has 0 aromatic carbocycles. The molecule has 1 heterocycles. The summed E-state index contributed by atoms with van der Waals surface area (Å²) in [5, 5.41) is 10.4. The van der Waals surface area contributed by atoms with Crippen molar-refractivity contribution in [3.63, 3.8) is 0 Å². The van der Waals surface area contributed by atoms with Crippen molar-refractivity contribution < 1.29 is 4.79 Å². The van der Waals surface area contributed by atoms with Crippen molar-refractivity contribution >= 4 is 47.2 Å². The van der Waals surface area contributed by atoms with Crippen LogP contribution in [-0.4, -0.2) is 43.0 Å². The van der Waals surface area contributed by atoms with E-state index in [1.54, 1.807) is 11.3 Å². The molecule has 3 N–H and O–H groups in total. The zero-order chi connectivity index (χ0) is 16.4. The van der Waals surface area contributed by atoms with Gasteiger partial charge in [0.1, 0.15) is 0 Å². The summed E-state index contributed by atoms with van der Waals surface area (Å²) in [5.74, 6) is 0.862. The van der Waals surface area contributed by atoms with Gasteiger partial charge in [0.15, 0.2) is 5.96 Å². The molecule has 0 atom stereocenters. The molecule has 1 aromatic heterocycles. The second-order valence-electron chi connectivity index (χ2n) is 5.25.